The van der Waals surface area contributed by atoms with Crippen molar-refractivity contribution in [2.75, 3.05) is 13.8 Å². The molecule has 1 aromatic rings. The van der Waals surface area contributed by atoms with Crippen LogP contribution in [0.25, 0.3) is 12.8 Å². The van der Waals surface area contributed by atoms with Gasteiger partial charge in [-0.3, -0.25) is 9.98 Å². The second kappa shape index (κ2) is 7.36. The van der Waals surface area contributed by atoms with Gasteiger partial charge in [0.2, 0.25) is 0 Å². The predicted octanol–water partition coefficient (Wildman–Crippen LogP) is 1.43. The zero-order chi connectivity index (χ0) is 15.2. The van der Waals surface area contributed by atoms with Crippen LogP contribution in [-0.4, -0.2) is 25.1 Å². The molecule has 0 spiro atoms. The van der Waals surface area contributed by atoms with Gasteiger partial charge in [0.15, 0.2) is 0 Å². The fourth-order valence-corrected chi connectivity index (χ4v) is 3.07. The highest BCUT2D eigenvalue weighted by Gasteiger charge is 2.18. The molecule has 1 aliphatic rings. The first-order valence-corrected chi connectivity index (χ1v) is 7.53. The van der Waals surface area contributed by atoms with Crippen LogP contribution in [0, 0.1) is 0 Å². The molecule has 114 valence electrons. The fourth-order valence-electron chi connectivity index (χ4n) is 3.07. The van der Waals surface area contributed by atoms with E-state index in [4.69, 9.17) is 4.74 Å². The number of ether oxygens (including phenoxy) is 1. The van der Waals surface area contributed by atoms with Gasteiger partial charge in [0.05, 0.1) is 16.9 Å². The Morgan fingerprint density at radius 2 is 2.10 bits per heavy atom. The summed E-state index contributed by atoms with van der Waals surface area (Å²) in [5.41, 5.74) is 1.28. The third kappa shape index (κ3) is 3.50. The van der Waals surface area contributed by atoms with E-state index >= 15 is 0 Å². The van der Waals surface area contributed by atoms with E-state index in [1.165, 1.54) is 37.7 Å². The Labute approximate surface area is 126 Å². The van der Waals surface area contributed by atoms with E-state index in [2.05, 4.69) is 29.3 Å². The lowest BCUT2D eigenvalue weighted by atomic mass is 9.84. The van der Waals surface area contributed by atoms with Crippen LogP contribution in [-0.2, 0) is 11.8 Å². The van der Waals surface area contributed by atoms with Gasteiger partial charge in [0.1, 0.15) is 6.73 Å². The van der Waals surface area contributed by atoms with Crippen molar-refractivity contribution >= 4 is 19.5 Å². The topological polar surface area (TPSA) is 38.9 Å². The van der Waals surface area contributed by atoms with Gasteiger partial charge >= 0.3 is 0 Å². The maximum atomic E-state index is 5.14. The minimum Gasteiger partial charge on any atom is -0.363 e. The van der Waals surface area contributed by atoms with Crippen molar-refractivity contribution in [3.63, 3.8) is 0 Å². The molecule has 0 bridgehead atoms. The third-order valence-electron chi connectivity index (χ3n) is 4.24. The Bertz CT molecular complexity index is 667. The molecule has 1 aliphatic carbocycles. The summed E-state index contributed by atoms with van der Waals surface area (Å²) in [6.45, 7) is 8.08. The second-order valence-electron chi connectivity index (χ2n) is 5.61. The first-order valence-electron chi connectivity index (χ1n) is 7.53. The molecule has 0 saturated heterocycles. The molecule has 0 aliphatic heterocycles. The van der Waals surface area contributed by atoms with Crippen molar-refractivity contribution < 1.29 is 4.74 Å². The normalized spacial score (nSPS) is 18.2. The maximum absolute atomic E-state index is 5.14. The Balaban J connectivity index is 2.70. The van der Waals surface area contributed by atoms with Crippen LogP contribution in [0.3, 0.4) is 0 Å². The molecule has 0 amide bonds. The summed E-state index contributed by atoms with van der Waals surface area (Å²) in [6, 6.07) is 2.17. The number of pyridine rings is 1. The largest absolute Gasteiger partial charge is 0.363 e. The summed E-state index contributed by atoms with van der Waals surface area (Å²) >= 11 is 0. The summed E-state index contributed by atoms with van der Waals surface area (Å²) in [5, 5.41) is 2.91. The highest BCUT2D eigenvalue weighted by Crippen LogP contribution is 2.30. The van der Waals surface area contributed by atoms with Gasteiger partial charge in [-0.05, 0) is 37.1 Å². The smallest absolute Gasteiger partial charge is 0.137 e. The van der Waals surface area contributed by atoms with Crippen LogP contribution in [0.5, 0.6) is 0 Å². The molecule has 4 nitrogen and oxygen atoms in total. The van der Waals surface area contributed by atoms with E-state index in [9.17, 15) is 0 Å². The number of aromatic nitrogens is 1. The van der Waals surface area contributed by atoms with E-state index in [1.807, 2.05) is 11.6 Å². The lowest BCUT2D eigenvalue weighted by Gasteiger charge is -2.23. The molecule has 21 heavy (non-hydrogen) atoms. The molecule has 4 heteroatoms. The van der Waals surface area contributed by atoms with Crippen molar-refractivity contribution in [3.05, 3.63) is 27.7 Å². The lowest BCUT2D eigenvalue weighted by molar-refractivity contribution is 0.205. The number of hydrogen-bond acceptors (Lipinski definition) is 3. The molecule has 1 heterocycles. The average molecular weight is 287 g/mol. The van der Waals surface area contributed by atoms with Gasteiger partial charge in [-0.1, -0.05) is 25.8 Å². The molecule has 2 rings (SSSR count). The monoisotopic (exact) mass is 287 g/mol. The molecule has 0 aromatic carbocycles. The van der Waals surface area contributed by atoms with Gasteiger partial charge in [-0.15, -0.1) is 0 Å². The molecule has 1 saturated carbocycles. The predicted molar refractivity (Wildman–Crippen MR) is 87.5 cm³/mol. The number of aliphatic imine (C=N–C) groups is 1. The van der Waals surface area contributed by atoms with E-state index in [1.54, 1.807) is 13.3 Å². The summed E-state index contributed by atoms with van der Waals surface area (Å²) in [7, 11) is 3.64. The van der Waals surface area contributed by atoms with Crippen molar-refractivity contribution in [1.29, 1.82) is 0 Å². The third-order valence-corrected chi connectivity index (χ3v) is 4.24. The zero-order valence-electron chi connectivity index (χ0n) is 13.1. The van der Waals surface area contributed by atoms with Crippen molar-refractivity contribution in [2.45, 2.75) is 38.0 Å². The van der Waals surface area contributed by atoms with Gasteiger partial charge in [0.25, 0.3) is 0 Å². The average Bonchev–Trinajstić information content (AvgIpc) is 2.51. The van der Waals surface area contributed by atoms with E-state index in [-0.39, 0.29) is 0 Å². The molecular formula is C17H25N3O. The zero-order valence-corrected chi connectivity index (χ0v) is 13.1. The van der Waals surface area contributed by atoms with Crippen LogP contribution in [0.15, 0.2) is 16.1 Å². The van der Waals surface area contributed by atoms with Crippen LogP contribution < -0.4 is 16.1 Å². The minimum absolute atomic E-state index is 0.355. The van der Waals surface area contributed by atoms with Crippen molar-refractivity contribution in [3.8, 4) is 0 Å². The molecule has 1 fully saturated rings. The summed E-state index contributed by atoms with van der Waals surface area (Å²) < 4.78 is 7.15. The number of rotatable bonds is 4. The van der Waals surface area contributed by atoms with Gasteiger partial charge in [0, 0.05) is 19.5 Å². The minimum atomic E-state index is 0.355. The Morgan fingerprint density at radius 3 is 2.71 bits per heavy atom. The molecule has 0 radical (unpaired) electrons. The summed E-state index contributed by atoms with van der Waals surface area (Å²) in [4.78, 5) is 8.57. The first kappa shape index (κ1) is 15.7. The van der Waals surface area contributed by atoms with Gasteiger partial charge in [-0.2, -0.15) is 0 Å². The number of nitrogens with zero attached hydrogens (tertiary/aromatic N) is 3. The summed E-state index contributed by atoms with van der Waals surface area (Å²) in [6.07, 6.45) is 8.14. The molecule has 0 N–H and O–H groups in total. The quantitative estimate of drug-likeness (QED) is 0.772. The van der Waals surface area contributed by atoms with Crippen molar-refractivity contribution in [1.82, 2.24) is 4.57 Å². The van der Waals surface area contributed by atoms with Crippen molar-refractivity contribution in [2.24, 2.45) is 17.0 Å². The highest BCUT2D eigenvalue weighted by molar-refractivity contribution is 5.36. The maximum Gasteiger partial charge on any atom is 0.137 e. The standard InChI is InChI=1S/C17H25N3O/c1-13-10-15(14-8-6-5-7-9-14)17(19-12-21-4)16(11-18-2)20(13)3/h10-11,14H,1-2,5-9,12H2,3-4H3/b16-11+,19-17?. The SMILES string of the molecule is C=N/C=c1\c(=NCOC)c(C2CCCCC2)cc(=C)n1C. The van der Waals surface area contributed by atoms with Crippen LogP contribution >= 0.6 is 0 Å². The number of methoxy groups -OCH3 is 1. The highest BCUT2D eigenvalue weighted by atomic mass is 16.5. The lowest BCUT2D eigenvalue weighted by Crippen LogP contribution is -2.44. The molecule has 0 unspecified atom stereocenters. The Kier molecular flexibility index (Phi) is 5.51. The van der Waals surface area contributed by atoms with Gasteiger partial charge < -0.3 is 9.30 Å². The summed E-state index contributed by atoms with van der Waals surface area (Å²) in [5.74, 6) is 0.563. The molecule has 0 atom stereocenters. The van der Waals surface area contributed by atoms with Crippen LogP contribution in [0.1, 0.15) is 43.6 Å². The van der Waals surface area contributed by atoms with E-state index in [0.717, 1.165) is 16.1 Å². The fraction of sp³-hybridized carbons (Fsp3) is 0.529. The first-order chi connectivity index (χ1) is 10.2. The van der Waals surface area contributed by atoms with E-state index < -0.39 is 0 Å². The number of hydrogen-bond donors (Lipinski definition) is 0. The molecule has 1 aromatic heterocycles. The van der Waals surface area contributed by atoms with Gasteiger partial charge in [-0.25, -0.2) is 0 Å². The Morgan fingerprint density at radius 1 is 1.38 bits per heavy atom. The Hall–Kier alpha value is -1.68. The van der Waals surface area contributed by atoms with E-state index in [0.29, 0.717) is 12.6 Å². The van der Waals surface area contributed by atoms with Crippen LogP contribution in [0.2, 0.25) is 0 Å². The molecular weight excluding hydrogens is 262 g/mol. The van der Waals surface area contributed by atoms with Crippen LogP contribution in [0.4, 0.5) is 0 Å². The second-order valence-corrected chi connectivity index (χ2v) is 5.61.